The van der Waals surface area contributed by atoms with Gasteiger partial charge >= 0.3 is 12.1 Å². The predicted octanol–water partition coefficient (Wildman–Crippen LogP) is 4.10. The maximum absolute atomic E-state index is 12.8. The topological polar surface area (TPSA) is 81.7 Å². The second-order valence-corrected chi connectivity index (χ2v) is 7.45. The highest BCUT2D eigenvalue weighted by atomic mass is 35.5. The van der Waals surface area contributed by atoms with Crippen LogP contribution in [0.2, 0.25) is 5.02 Å². The molecule has 0 aliphatic heterocycles. The summed E-state index contributed by atoms with van der Waals surface area (Å²) in [5, 5.41) is -0.189. The Bertz CT molecular complexity index is 946. The van der Waals surface area contributed by atoms with Crippen LogP contribution < -0.4 is 9.46 Å². The van der Waals surface area contributed by atoms with Gasteiger partial charge in [-0.2, -0.15) is 13.2 Å². The van der Waals surface area contributed by atoms with Gasteiger partial charge in [-0.05, 0) is 49.4 Å². The molecule has 0 atom stereocenters. The fraction of sp³-hybridized carbons (Fsp3) is 0.235. The van der Waals surface area contributed by atoms with Crippen molar-refractivity contribution in [2.24, 2.45) is 0 Å². The van der Waals surface area contributed by atoms with Crippen LogP contribution >= 0.6 is 11.6 Å². The third-order valence-electron chi connectivity index (χ3n) is 3.33. The van der Waals surface area contributed by atoms with Crippen molar-refractivity contribution < 1.29 is 35.9 Å². The van der Waals surface area contributed by atoms with Gasteiger partial charge in [0.25, 0.3) is 10.0 Å². The number of esters is 1. The quantitative estimate of drug-likeness (QED) is 0.659. The lowest BCUT2D eigenvalue weighted by atomic mass is 10.2. The zero-order chi connectivity index (χ0) is 20.9. The van der Waals surface area contributed by atoms with Crippen molar-refractivity contribution in [3.8, 4) is 5.75 Å². The van der Waals surface area contributed by atoms with E-state index in [2.05, 4.69) is 0 Å². The highest BCUT2D eigenvalue weighted by molar-refractivity contribution is 7.92. The largest absolute Gasteiger partial charge is 0.482 e. The van der Waals surface area contributed by atoms with Crippen LogP contribution in [0.15, 0.2) is 47.4 Å². The molecule has 28 heavy (non-hydrogen) atoms. The SMILES string of the molecule is CCOC(=O)COc1ccc(S(=O)(=O)Nc2cc(C(F)(F)F)ccc2Cl)cc1. The lowest BCUT2D eigenvalue weighted by Crippen LogP contribution is -2.15. The van der Waals surface area contributed by atoms with Crippen LogP contribution in [0.25, 0.3) is 0 Å². The number of rotatable bonds is 7. The number of carbonyl (C=O) groups excluding carboxylic acids is 1. The maximum Gasteiger partial charge on any atom is 0.416 e. The Morgan fingerprint density at radius 2 is 1.79 bits per heavy atom. The van der Waals surface area contributed by atoms with E-state index in [4.69, 9.17) is 21.1 Å². The monoisotopic (exact) mass is 437 g/mol. The second-order valence-electron chi connectivity index (χ2n) is 5.36. The molecule has 0 saturated heterocycles. The van der Waals surface area contributed by atoms with Gasteiger partial charge in [0, 0.05) is 0 Å². The van der Waals surface area contributed by atoms with Crippen molar-refractivity contribution in [1.29, 1.82) is 0 Å². The first kappa shape index (κ1) is 21.8. The molecule has 0 saturated carbocycles. The van der Waals surface area contributed by atoms with Gasteiger partial charge in [-0.3, -0.25) is 4.72 Å². The smallest absolute Gasteiger partial charge is 0.416 e. The molecule has 0 aliphatic carbocycles. The summed E-state index contributed by atoms with van der Waals surface area (Å²) in [6.07, 6.45) is -4.65. The highest BCUT2D eigenvalue weighted by Crippen LogP contribution is 2.34. The molecule has 2 aromatic rings. The standard InChI is InChI=1S/C17H15ClF3NO5S/c1-2-26-16(23)10-27-12-4-6-13(7-5-12)28(24,25)22-15-9-11(17(19,20)21)3-8-14(15)18/h3-9,22H,2,10H2,1H3. The van der Waals surface area contributed by atoms with Crippen LogP contribution in [-0.4, -0.2) is 27.6 Å². The molecule has 6 nitrogen and oxygen atoms in total. The van der Waals surface area contributed by atoms with Gasteiger partial charge in [0.15, 0.2) is 6.61 Å². The van der Waals surface area contributed by atoms with Gasteiger partial charge in [-0.15, -0.1) is 0 Å². The third-order valence-corrected chi connectivity index (χ3v) is 5.05. The van der Waals surface area contributed by atoms with E-state index in [1.165, 1.54) is 24.3 Å². The number of halogens is 4. The zero-order valence-corrected chi connectivity index (χ0v) is 16.0. The van der Waals surface area contributed by atoms with Gasteiger partial charge < -0.3 is 9.47 Å². The summed E-state index contributed by atoms with van der Waals surface area (Å²) < 4.78 is 75.1. The highest BCUT2D eigenvalue weighted by Gasteiger charge is 2.31. The number of alkyl halides is 3. The molecule has 2 aromatic carbocycles. The molecule has 0 heterocycles. The van der Waals surface area contributed by atoms with E-state index in [-0.39, 0.29) is 28.9 Å². The molecule has 0 amide bonds. The van der Waals surface area contributed by atoms with Crippen LogP contribution in [0.5, 0.6) is 5.75 Å². The molecule has 1 N–H and O–H groups in total. The molecule has 0 aliphatic rings. The normalized spacial score (nSPS) is 11.8. The molecule has 0 fully saturated rings. The maximum atomic E-state index is 12.8. The third kappa shape index (κ3) is 5.77. The van der Waals surface area contributed by atoms with Crippen molar-refractivity contribution in [2.75, 3.05) is 17.9 Å². The van der Waals surface area contributed by atoms with Crippen LogP contribution in [0, 0.1) is 0 Å². The first-order chi connectivity index (χ1) is 13.0. The number of hydrogen-bond acceptors (Lipinski definition) is 5. The van der Waals surface area contributed by atoms with E-state index in [0.717, 1.165) is 12.1 Å². The van der Waals surface area contributed by atoms with E-state index in [9.17, 15) is 26.4 Å². The van der Waals surface area contributed by atoms with Crippen LogP contribution in [0.1, 0.15) is 12.5 Å². The Labute approximate surface area is 164 Å². The summed E-state index contributed by atoms with van der Waals surface area (Å²) >= 11 is 5.80. The summed E-state index contributed by atoms with van der Waals surface area (Å²) in [5.41, 5.74) is -1.45. The van der Waals surface area contributed by atoms with E-state index in [0.29, 0.717) is 6.07 Å². The lowest BCUT2D eigenvalue weighted by Gasteiger charge is -2.13. The van der Waals surface area contributed by atoms with E-state index >= 15 is 0 Å². The summed E-state index contributed by atoms with van der Waals surface area (Å²) in [4.78, 5) is 11.0. The Kier molecular flexibility index (Phi) is 6.78. The molecule has 0 aromatic heterocycles. The predicted molar refractivity (Wildman–Crippen MR) is 95.8 cm³/mol. The fourth-order valence-electron chi connectivity index (χ4n) is 2.04. The molecule has 0 spiro atoms. The average molecular weight is 438 g/mol. The van der Waals surface area contributed by atoms with Gasteiger partial charge in [0.05, 0.1) is 27.8 Å². The Morgan fingerprint density at radius 3 is 2.36 bits per heavy atom. The first-order valence-electron chi connectivity index (χ1n) is 7.81. The minimum absolute atomic E-state index is 0.189. The van der Waals surface area contributed by atoms with E-state index in [1.807, 2.05) is 4.72 Å². The van der Waals surface area contributed by atoms with Gasteiger partial charge in [-0.1, -0.05) is 11.6 Å². The Balaban J connectivity index is 2.16. The Hall–Kier alpha value is -2.46. The van der Waals surface area contributed by atoms with Crippen molar-refractivity contribution in [1.82, 2.24) is 0 Å². The number of carbonyl (C=O) groups is 1. The first-order valence-corrected chi connectivity index (χ1v) is 9.67. The molecular formula is C17H15ClF3NO5S. The minimum Gasteiger partial charge on any atom is -0.482 e. The number of anilines is 1. The lowest BCUT2D eigenvalue weighted by molar-refractivity contribution is -0.145. The zero-order valence-electron chi connectivity index (χ0n) is 14.4. The number of nitrogens with one attached hydrogen (secondary N) is 1. The van der Waals surface area contributed by atoms with Crippen molar-refractivity contribution in [2.45, 2.75) is 18.0 Å². The van der Waals surface area contributed by atoms with Crippen molar-refractivity contribution >= 4 is 33.3 Å². The van der Waals surface area contributed by atoms with Crippen molar-refractivity contribution in [3.05, 3.63) is 53.1 Å². The average Bonchev–Trinajstić information content (AvgIpc) is 2.61. The van der Waals surface area contributed by atoms with Crippen molar-refractivity contribution in [3.63, 3.8) is 0 Å². The summed E-state index contributed by atoms with van der Waals surface area (Å²) in [6, 6.07) is 7.23. The van der Waals surface area contributed by atoms with E-state index < -0.39 is 33.4 Å². The molecule has 11 heteroatoms. The Morgan fingerprint density at radius 1 is 1.14 bits per heavy atom. The number of benzene rings is 2. The van der Waals surface area contributed by atoms with Crippen LogP contribution in [-0.2, 0) is 25.7 Å². The van der Waals surface area contributed by atoms with Gasteiger partial charge in [0.1, 0.15) is 5.75 Å². The molecule has 0 bridgehead atoms. The second kappa shape index (κ2) is 8.70. The van der Waals surface area contributed by atoms with E-state index in [1.54, 1.807) is 6.92 Å². The van der Waals surface area contributed by atoms with Crippen LogP contribution in [0.4, 0.5) is 18.9 Å². The number of hydrogen-bond donors (Lipinski definition) is 1. The van der Waals surface area contributed by atoms with Crippen LogP contribution in [0.3, 0.4) is 0 Å². The fourth-order valence-corrected chi connectivity index (χ4v) is 3.33. The molecular weight excluding hydrogens is 423 g/mol. The van der Waals surface area contributed by atoms with Gasteiger partial charge in [-0.25, -0.2) is 13.2 Å². The minimum atomic E-state index is -4.65. The molecule has 2 rings (SSSR count). The summed E-state index contributed by atoms with van der Waals surface area (Å²) in [5.74, 6) is -0.371. The van der Waals surface area contributed by atoms with Gasteiger partial charge in [0.2, 0.25) is 0 Å². The molecule has 152 valence electrons. The number of sulfonamides is 1. The number of ether oxygens (including phenoxy) is 2. The summed E-state index contributed by atoms with van der Waals surface area (Å²) in [6.45, 7) is 1.49. The summed E-state index contributed by atoms with van der Waals surface area (Å²) in [7, 11) is -4.20. The molecule has 0 unspecified atom stereocenters. The molecule has 0 radical (unpaired) electrons.